The Hall–Kier alpha value is -1.82. The quantitative estimate of drug-likeness (QED) is 0.910. The van der Waals surface area contributed by atoms with Gasteiger partial charge in [-0.1, -0.05) is 0 Å². The van der Waals surface area contributed by atoms with Crippen LogP contribution in [0.4, 0.5) is 4.79 Å². The van der Waals surface area contributed by atoms with Crippen LogP contribution < -0.4 is 10.6 Å². The third kappa shape index (κ3) is 3.39. The summed E-state index contributed by atoms with van der Waals surface area (Å²) in [7, 11) is 1.88. The molecule has 0 spiro atoms. The number of nitrogens with zero attached hydrogens (tertiary/aromatic N) is 2. The number of aryl methyl sites for hydroxylation is 3. The first kappa shape index (κ1) is 14.6. The summed E-state index contributed by atoms with van der Waals surface area (Å²) in [5.41, 5.74) is 3.19. The summed E-state index contributed by atoms with van der Waals surface area (Å²) in [5, 5.41) is 12.1. The second kappa shape index (κ2) is 6.09. The lowest BCUT2D eigenvalue weighted by molar-refractivity contribution is 0.237. The van der Waals surface area contributed by atoms with Crippen molar-refractivity contribution < 1.29 is 4.79 Å². The van der Waals surface area contributed by atoms with Gasteiger partial charge in [-0.3, -0.25) is 4.68 Å². The van der Waals surface area contributed by atoms with E-state index in [1.165, 1.54) is 10.4 Å². The molecule has 2 aromatic rings. The molecule has 0 fully saturated rings. The Kier molecular flexibility index (Phi) is 4.44. The van der Waals surface area contributed by atoms with Gasteiger partial charge in [0.2, 0.25) is 0 Å². The number of carbonyl (C=O) groups excluding carboxylic acids is 1. The normalized spacial score (nSPS) is 12.2. The summed E-state index contributed by atoms with van der Waals surface area (Å²) in [5.74, 6) is 0. The fourth-order valence-electron chi connectivity index (χ4n) is 2.11. The predicted octanol–water partition coefficient (Wildman–Crippen LogP) is 2.66. The van der Waals surface area contributed by atoms with Gasteiger partial charge in [0.1, 0.15) is 0 Å². The van der Waals surface area contributed by atoms with Crippen molar-refractivity contribution in [2.24, 2.45) is 7.05 Å². The van der Waals surface area contributed by atoms with Crippen molar-refractivity contribution in [3.05, 3.63) is 39.3 Å². The molecule has 108 valence electrons. The van der Waals surface area contributed by atoms with Crippen molar-refractivity contribution in [1.82, 2.24) is 20.4 Å². The number of nitrogens with one attached hydrogen (secondary N) is 2. The molecule has 0 bridgehead atoms. The Morgan fingerprint density at radius 1 is 1.50 bits per heavy atom. The van der Waals surface area contributed by atoms with E-state index in [-0.39, 0.29) is 12.1 Å². The van der Waals surface area contributed by atoms with Crippen LogP contribution >= 0.6 is 11.3 Å². The molecule has 2 rings (SSSR count). The summed E-state index contributed by atoms with van der Waals surface area (Å²) in [6.45, 7) is 6.52. The fraction of sp³-hybridized carbons (Fsp3) is 0.429. The minimum Gasteiger partial charge on any atom is -0.333 e. The molecule has 0 saturated heterocycles. The number of carbonyl (C=O) groups is 1. The number of rotatable bonds is 4. The van der Waals surface area contributed by atoms with Gasteiger partial charge >= 0.3 is 6.03 Å². The Bertz CT molecular complexity index is 602. The molecular formula is C14H20N4OS. The van der Waals surface area contributed by atoms with Gasteiger partial charge in [-0.15, -0.1) is 11.3 Å². The number of thiophene rings is 1. The van der Waals surface area contributed by atoms with Gasteiger partial charge in [0.15, 0.2) is 0 Å². The first-order valence-electron chi connectivity index (χ1n) is 6.55. The molecule has 0 aromatic carbocycles. The molecule has 2 heterocycles. The van der Waals surface area contributed by atoms with E-state index in [0.29, 0.717) is 6.54 Å². The zero-order chi connectivity index (χ0) is 14.7. The summed E-state index contributed by atoms with van der Waals surface area (Å²) < 4.78 is 1.76. The number of amides is 2. The maximum Gasteiger partial charge on any atom is 0.315 e. The molecule has 20 heavy (non-hydrogen) atoms. The van der Waals surface area contributed by atoms with Crippen LogP contribution in [-0.2, 0) is 13.6 Å². The molecule has 6 heteroatoms. The molecule has 0 saturated carbocycles. The molecule has 2 aromatic heterocycles. The van der Waals surface area contributed by atoms with Crippen LogP contribution in [0, 0.1) is 13.8 Å². The molecule has 1 atom stereocenters. The molecule has 0 radical (unpaired) electrons. The summed E-state index contributed by atoms with van der Waals surface area (Å²) in [6.07, 6.45) is 1.93. The first-order valence-corrected chi connectivity index (χ1v) is 7.43. The highest BCUT2D eigenvalue weighted by Crippen LogP contribution is 2.16. The molecule has 0 aliphatic carbocycles. The molecule has 0 aliphatic rings. The van der Waals surface area contributed by atoms with Gasteiger partial charge in [0.25, 0.3) is 0 Å². The lowest BCUT2D eigenvalue weighted by Gasteiger charge is -2.14. The van der Waals surface area contributed by atoms with Crippen LogP contribution in [0.5, 0.6) is 0 Å². The van der Waals surface area contributed by atoms with E-state index in [2.05, 4.69) is 21.8 Å². The van der Waals surface area contributed by atoms with Crippen LogP contribution in [0.2, 0.25) is 0 Å². The second-order valence-electron chi connectivity index (χ2n) is 4.92. The number of urea groups is 1. The van der Waals surface area contributed by atoms with E-state index in [0.717, 1.165) is 11.3 Å². The average Bonchev–Trinajstić information content (AvgIpc) is 2.92. The van der Waals surface area contributed by atoms with Gasteiger partial charge < -0.3 is 10.6 Å². The standard InChI is InChI=1S/C14H20N4OS/c1-9-5-6-20-13(9)7-15-14(19)16-10(2)12-8-18(4)17-11(12)3/h5-6,8,10H,7H2,1-4H3,(H2,15,16,19). The third-order valence-corrected chi connectivity index (χ3v) is 4.27. The molecule has 5 nitrogen and oxygen atoms in total. The van der Waals surface area contributed by atoms with Crippen molar-refractivity contribution in [3.8, 4) is 0 Å². The van der Waals surface area contributed by atoms with Crippen molar-refractivity contribution in [1.29, 1.82) is 0 Å². The maximum absolute atomic E-state index is 11.9. The smallest absolute Gasteiger partial charge is 0.315 e. The molecule has 1 unspecified atom stereocenters. The highest BCUT2D eigenvalue weighted by atomic mass is 32.1. The molecule has 0 aliphatic heterocycles. The van der Waals surface area contributed by atoms with Crippen LogP contribution in [0.15, 0.2) is 17.6 Å². The van der Waals surface area contributed by atoms with Gasteiger partial charge in [-0.05, 0) is 37.8 Å². The van der Waals surface area contributed by atoms with Gasteiger partial charge in [-0.2, -0.15) is 5.10 Å². The molecular weight excluding hydrogens is 272 g/mol. The van der Waals surface area contributed by atoms with Crippen molar-refractivity contribution >= 4 is 17.4 Å². The first-order chi connectivity index (χ1) is 9.47. The topological polar surface area (TPSA) is 59.0 Å². The fourth-order valence-corrected chi connectivity index (χ4v) is 2.96. The lowest BCUT2D eigenvalue weighted by atomic mass is 10.1. The monoisotopic (exact) mass is 292 g/mol. The van der Waals surface area contributed by atoms with E-state index in [4.69, 9.17) is 0 Å². The van der Waals surface area contributed by atoms with E-state index in [1.54, 1.807) is 16.0 Å². The number of aromatic nitrogens is 2. The van der Waals surface area contributed by atoms with Crippen LogP contribution in [0.3, 0.4) is 0 Å². The van der Waals surface area contributed by atoms with Crippen molar-refractivity contribution in [3.63, 3.8) is 0 Å². The number of hydrogen-bond donors (Lipinski definition) is 2. The van der Waals surface area contributed by atoms with Gasteiger partial charge in [0.05, 0.1) is 18.3 Å². The Morgan fingerprint density at radius 3 is 2.80 bits per heavy atom. The SMILES string of the molecule is Cc1ccsc1CNC(=O)NC(C)c1cn(C)nc1C. The zero-order valence-corrected chi connectivity index (χ0v) is 13.0. The van der Waals surface area contributed by atoms with E-state index < -0.39 is 0 Å². The lowest BCUT2D eigenvalue weighted by Crippen LogP contribution is -2.36. The average molecular weight is 292 g/mol. The molecule has 2 amide bonds. The van der Waals surface area contributed by atoms with Crippen LogP contribution in [-0.4, -0.2) is 15.8 Å². The molecule has 2 N–H and O–H groups in total. The second-order valence-corrected chi connectivity index (χ2v) is 5.92. The highest BCUT2D eigenvalue weighted by molar-refractivity contribution is 7.10. The minimum absolute atomic E-state index is 0.0619. The minimum atomic E-state index is -0.159. The highest BCUT2D eigenvalue weighted by Gasteiger charge is 2.14. The zero-order valence-electron chi connectivity index (χ0n) is 12.2. The van der Waals surface area contributed by atoms with Crippen LogP contribution in [0.25, 0.3) is 0 Å². The predicted molar refractivity (Wildman–Crippen MR) is 80.8 cm³/mol. The maximum atomic E-state index is 11.9. The third-order valence-electron chi connectivity index (χ3n) is 3.24. The number of hydrogen-bond acceptors (Lipinski definition) is 3. The van der Waals surface area contributed by atoms with E-state index >= 15 is 0 Å². The Labute approximate surface area is 123 Å². The van der Waals surface area contributed by atoms with E-state index in [9.17, 15) is 4.79 Å². The van der Waals surface area contributed by atoms with Gasteiger partial charge in [0, 0.05) is 23.7 Å². The summed E-state index contributed by atoms with van der Waals surface area (Å²) >= 11 is 1.66. The van der Waals surface area contributed by atoms with Crippen LogP contribution in [0.1, 0.15) is 34.7 Å². The van der Waals surface area contributed by atoms with Crippen molar-refractivity contribution in [2.45, 2.75) is 33.4 Å². The largest absolute Gasteiger partial charge is 0.333 e. The van der Waals surface area contributed by atoms with E-state index in [1.807, 2.05) is 39.4 Å². The Balaban J connectivity index is 1.88. The van der Waals surface area contributed by atoms with Gasteiger partial charge in [-0.25, -0.2) is 4.79 Å². The summed E-state index contributed by atoms with van der Waals surface area (Å²) in [6, 6.07) is 1.84. The Morgan fingerprint density at radius 2 is 2.25 bits per heavy atom. The van der Waals surface area contributed by atoms with Crippen molar-refractivity contribution in [2.75, 3.05) is 0 Å². The summed E-state index contributed by atoms with van der Waals surface area (Å²) in [4.78, 5) is 13.1.